The third-order valence-corrected chi connectivity index (χ3v) is 4.25. The molecule has 3 rings (SSSR count). The largest absolute Gasteiger partial charge is 0.459 e. The van der Waals surface area contributed by atoms with E-state index in [9.17, 15) is 9.90 Å². The molecule has 23 heavy (non-hydrogen) atoms. The summed E-state index contributed by atoms with van der Waals surface area (Å²) in [5.74, 6) is 0.124. The molecule has 0 unspecified atom stereocenters. The number of piperidine rings is 1. The fourth-order valence-electron chi connectivity index (χ4n) is 2.87. The number of nitrogens with one attached hydrogen (secondary N) is 1. The number of amides is 1. The van der Waals surface area contributed by atoms with Gasteiger partial charge in [-0.15, -0.1) is 0 Å². The maximum absolute atomic E-state index is 12.0. The van der Waals surface area contributed by atoms with Crippen LogP contribution < -0.4 is 5.32 Å². The number of carbonyl (C=O) groups excluding carboxylic acids is 1. The molecule has 1 aliphatic rings. The van der Waals surface area contributed by atoms with Crippen LogP contribution in [0.3, 0.4) is 0 Å². The lowest BCUT2D eigenvalue weighted by molar-refractivity contribution is 0.0790. The summed E-state index contributed by atoms with van der Waals surface area (Å²) in [4.78, 5) is 14.3. The van der Waals surface area contributed by atoms with Crippen molar-refractivity contribution >= 4 is 5.91 Å². The normalized spacial score (nSPS) is 16.4. The molecule has 0 aliphatic carbocycles. The summed E-state index contributed by atoms with van der Waals surface area (Å²) < 4.78 is 5.10. The van der Waals surface area contributed by atoms with Crippen molar-refractivity contribution < 1.29 is 14.3 Å². The fraction of sp³-hybridized carbons (Fsp3) is 0.389. The average Bonchev–Trinajstić information content (AvgIpc) is 3.10. The minimum Gasteiger partial charge on any atom is -0.459 e. The molecule has 5 heteroatoms. The van der Waals surface area contributed by atoms with E-state index in [2.05, 4.69) is 16.3 Å². The smallest absolute Gasteiger partial charge is 0.287 e. The SMILES string of the molecule is O=C(NCc1ccccc1CN1CCC(O)CC1)c1ccco1. The van der Waals surface area contributed by atoms with E-state index < -0.39 is 0 Å². The number of nitrogens with zero attached hydrogens (tertiary/aromatic N) is 1. The van der Waals surface area contributed by atoms with Crippen LogP contribution in [0, 0.1) is 0 Å². The van der Waals surface area contributed by atoms with Crippen LogP contribution >= 0.6 is 0 Å². The van der Waals surface area contributed by atoms with Crippen LogP contribution in [0.5, 0.6) is 0 Å². The Hall–Kier alpha value is -2.11. The van der Waals surface area contributed by atoms with E-state index in [0.717, 1.165) is 38.0 Å². The molecule has 0 radical (unpaired) electrons. The summed E-state index contributed by atoms with van der Waals surface area (Å²) in [7, 11) is 0. The van der Waals surface area contributed by atoms with E-state index in [0.29, 0.717) is 12.3 Å². The van der Waals surface area contributed by atoms with E-state index in [-0.39, 0.29) is 12.0 Å². The molecule has 1 fully saturated rings. The molecular formula is C18H22N2O3. The van der Waals surface area contributed by atoms with Crippen LogP contribution in [0.4, 0.5) is 0 Å². The first-order valence-electron chi connectivity index (χ1n) is 8.01. The maximum Gasteiger partial charge on any atom is 0.287 e. The zero-order valence-electron chi connectivity index (χ0n) is 13.1. The topological polar surface area (TPSA) is 65.7 Å². The van der Waals surface area contributed by atoms with Crippen LogP contribution in [-0.2, 0) is 13.1 Å². The first-order valence-corrected chi connectivity index (χ1v) is 8.01. The third-order valence-electron chi connectivity index (χ3n) is 4.25. The second-order valence-corrected chi connectivity index (χ2v) is 5.94. The fourth-order valence-corrected chi connectivity index (χ4v) is 2.87. The number of furan rings is 1. The van der Waals surface area contributed by atoms with Gasteiger partial charge in [-0.05, 0) is 36.1 Å². The van der Waals surface area contributed by atoms with E-state index in [1.165, 1.54) is 11.8 Å². The molecule has 1 aromatic carbocycles. The minimum atomic E-state index is -0.203. The molecule has 0 saturated carbocycles. The van der Waals surface area contributed by atoms with Gasteiger partial charge >= 0.3 is 0 Å². The van der Waals surface area contributed by atoms with Gasteiger partial charge in [-0.1, -0.05) is 24.3 Å². The molecule has 5 nitrogen and oxygen atoms in total. The highest BCUT2D eigenvalue weighted by atomic mass is 16.3. The molecule has 2 aromatic rings. The second kappa shape index (κ2) is 7.44. The molecule has 2 N–H and O–H groups in total. The van der Waals surface area contributed by atoms with Gasteiger partial charge in [0.1, 0.15) is 0 Å². The molecule has 1 aromatic heterocycles. The van der Waals surface area contributed by atoms with Crippen molar-refractivity contribution in [3.63, 3.8) is 0 Å². The van der Waals surface area contributed by atoms with E-state index >= 15 is 0 Å². The number of likely N-dealkylation sites (tertiary alicyclic amines) is 1. The Bertz CT molecular complexity index is 631. The van der Waals surface area contributed by atoms with Crippen molar-refractivity contribution in [3.05, 3.63) is 59.5 Å². The van der Waals surface area contributed by atoms with Crippen LogP contribution in [0.15, 0.2) is 47.1 Å². The zero-order chi connectivity index (χ0) is 16.1. The molecule has 1 saturated heterocycles. The lowest BCUT2D eigenvalue weighted by Crippen LogP contribution is -2.35. The van der Waals surface area contributed by atoms with Gasteiger partial charge in [-0.3, -0.25) is 9.69 Å². The van der Waals surface area contributed by atoms with Crippen molar-refractivity contribution in [2.24, 2.45) is 0 Å². The van der Waals surface area contributed by atoms with Crippen LogP contribution in [0.2, 0.25) is 0 Å². The number of hydrogen-bond acceptors (Lipinski definition) is 4. The van der Waals surface area contributed by atoms with Gasteiger partial charge in [0, 0.05) is 26.2 Å². The Labute approximate surface area is 135 Å². The number of benzene rings is 1. The van der Waals surface area contributed by atoms with Crippen molar-refractivity contribution in [2.75, 3.05) is 13.1 Å². The molecule has 0 spiro atoms. The van der Waals surface area contributed by atoms with Gasteiger partial charge in [0.15, 0.2) is 5.76 Å². The number of aliphatic hydroxyl groups excluding tert-OH is 1. The van der Waals surface area contributed by atoms with E-state index in [4.69, 9.17) is 4.42 Å². The van der Waals surface area contributed by atoms with Gasteiger partial charge in [0.2, 0.25) is 0 Å². The third kappa shape index (κ3) is 4.21. The van der Waals surface area contributed by atoms with Crippen molar-refractivity contribution in [3.8, 4) is 0 Å². The Kier molecular flexibility index (Phi) is 5.10. The number of carbonyl (C=O) groups is 1. The molecule has 1 amide bonds. The molecule has 122 valence electrons. The molecule has 0 bridgehead atoms. The predicted molar refractivity (Wildman–Crippen MR) is 86.8 cm³/mol. The maximum atomic E-state index is 12.0. The summed E-state index contributed by atoms with van der Waals surface area (Å²) in [6.07, 6.45) is 3.00. The first-order chi connectivity index (χ1) is 11.2. The standard InChI is InChI=1S/C18H22N2O3/c21-16-7-9-20(10-8-16)13-15-5-2-1-4-14(15)12-19-18(22)17-6-3-11-23-17/h1-6,11,16,21H,7-10,12-13H2,(H,19,22). The lowest BCUT2D eigenvalue weighted by Gasteiger charge is -2.30. The van der Waals surface area contributed by atoms with Gasteiger partial charge < -0.3 is 14.8 Å². The lowest BCUT2D eigenvalue weighted by atomic mass is 10.0. The van der Waals surface area contributed by atoms with Gasteiger partial charge in [0.25, 0.3) is 5.91 Å². The Morgan fingerprint density at radius 2 is 1.91 bits per heavy atom. The van der Waals surface area contributed by atoms with E-state index in [1.54, 1.807) is 12.1 Å². The Balaban J connectivity index is 1.60. The predicted octanol–water partition coefficient (Wildman–Crippen LogP) is 2.17. The van der Waals surface area contributed by atoms with Crippen molar-refractivity contribution in [1.29, 1.82) is 0 Å². The Morgan fingerprint density at radius 3 is 2.61 bits per heavy atom. The Morgan fingerprint density at radius 1 is 1.17 bits per heavy atom. The zero-order valence-corrected chi connectivity index (χ0v) is 13.1. The molecule has 2 heterocycles. The highest BCUT2D eigenvalue weighted by molar-refractivity contribution is 5.91. The summed E-state index contributed by atoms with van der Waals surface area (Å²) in [5.41, 5.74) is 2.32. The minimum absolute atomic E-state index is 0.158. The van der Waals surface area contributed by atoms with E-state index in [1.807, 2.05) is 18.2 Å². The van der Waals surface area contributed by atoms with Gasteiger partial charge in [-0.2, -0.15) is 0 Å². The highest BCUT2D eigenvalue weighted by Crippen LogP contribution is 2.16. The number of aliphatic hydroxyl groups is 1. The van der Waals surface area contributed by atoms with Crippen molar-refractivity contribution in [2.45, 2.75) is 32.0 Å². The van der Waals surface area contributed by atoms with Gasteiger partial charge in [0.05, 0.1) is 12.4 Å². The summed E-state index contributed by atoms with van der Waals surface area (Å²) in [6, 6.07) is 11.5. The number of hydrogen-bond donors (Lipinski definition) is 2. The van der Waals surface area contributed by atoms with Crippen LogP contribution in [0.1, 0.15) is 34.5 Å². The average molecular weight is 314 g/mol. The monoisotopic (exact) mass is 314 g/mol. The summed E-state index contributed by atoms with van der Waals surface area (Å²) in [6.45, 7) is 3.15. The quantitative estimate of drug-likeness (QED) is 0.887. The van der Waals surface area contributed by atoms with Crippen LogP contribution in [-0.4, -0.2) is 35.1 Å². The highest BCUT2D eigenvalue weighted by Gasteiger charge is 2.18. The second-order valence-electron chi connectivity index (χ2n) is 5.94. The van der Waals surface area contributed by atoms with Crippen LogP contribution in [0.25, 0.3) is 0 Å². The molecular weight excluding hydrogens is 292 g/mol. The summed E-state index contributed by atoms with van der Waals surface area (Å²) >= 11 is 0. The molecule has 1 aliphatic heterocycles. The number of rotatable bonds is 5. The summed E-state index contributed by atoms with van der Waals surface area (Å²) in [5, 5.41) is 12.5. The van der Waals surface area contributed by atoms with Gasteiger partial charge in [-0.25, -0.2) is 0 Å². The molecule has 0 atom stereocenters. The first kappa shape index (κ1) is 15.8. The van der Waals surface area contributed by atoms with Crippen molar-refractivity contribution in [1.82, 2.24) is 10.2 Å².